The maximum atomic E-state index is 12.6. The number of esters is 2. The van der Waals surface area contributed by atoms with Gasteiger partial charge in [0.1, 0.15) is 24.7 Å². The van der Waals surface area contributed by atoms with Gasteiger partial charge >= 0.3 is 11.9 Å². The lowest BCUT2D eigenvalue weighted by atomic mass is 10.0. The van der Waals surface area contributed by atoms with Crippen LogP contribution >= 0.6 is 15.9 Å². The molecule has 0 heterocycles. The van der Waals surface area contributed by atoms with E-state index in [9.17, 15) is 14.7 Å². The third kappa shape index (κ3) is 7.95. The summed E-state index contributed by atoms with van der Waals surface area (Å²) in [5.41, 5.74) is 1.95. The molecule has 0 bridgehead atoms. The molecule has 0 saturated heterocycles. The number of phenolic OH excluding ortho intramolecular Hbond substituents is 1. The second kappa shape index (κ2) is 14.3. The first kappa shape index (κ1) is 28.1. The van der Waals surface area contributed by atoms with Gasteiger partial charge in [-0.3, -0.25) is 0 Å². The largest absolute Gasteiger partial charge is 0.507 e. The first-order chi connectivity index (χ1) is 16.9. The van der Waals surface area contributed by atoms with Crippen molar-refractivity contribution in [3.8, 4) is 11.5 Å². The lowest BCUT2D eigenvalue weighted by Gasteiger charge is -2.13. The van der Waals surface area contributed by atoms with Crippen molar-refractivity contribution < 1.29 is 38.4 Å². The van der Waals surface area contributed by atoms with Gasteiger partial charge in [0.25, 0.3) is 0 Å². The summed E-state index contributed by atoms with van der Waals surface area (Å²) in [7, 11) is 3.08. The molecule has 0 fully saturated rings. The third-order valence-electron chi connectivity index (χ3n) is 4.74. The predicted octanol–water partition coefficient (Wildman–Crippen LogP) is 4.97. The van der Waals surface area contributed by atoms with Crippen molar-refractivity contribution in [3.63, 3.8) is 0 Å². The Hall–Kier alpha value is -3.14. The van der Waals surface area contributed by atoms with E-state index in [-0.39, 0.29) is 36.7 Å². The van der Waals surface area contributed by atoms with Crippen molar-refractivity contribution >= 4 is 46.1 Å². The molecule has 0 atom stereocenters. The number of halogens is 1. The fourth-order valence-electron chi connectivity index (χ4n) is 3.00. The molecule has 0 radical (unpaired) electrons. The molecular weight excluding hydrogens is 520 g/mol. The van der Waals surface area contributed by atoms with Gasteiger partial charge in [-0.15, -0.1) is 0 Å². The first-order valence-corrected chi connectivity index (χ1v) is 11.6. The fraction of sp³-hybridized carbons (Fsp3) is 0.308. The zero-order chi connectivity index (χ0) is 25.8. The number of carbonyl (C=O) groups is 2. The number of methoxy groups -OCH3 is 2. The van der Waals surface area contributed by atoms with Gasteiger partial charge in [-0.05, 0) is 52.7 Å². The minimum atomic E-state index is -0.574. The van der Waals surface area contributed by atoms with E-state index in [1.54, 1.807) is 32.3 Å². The Labute approximate surface area is 213 Å². The van der Waals surface area contributed by atoms with E-state index < -0.39 is 11.9 Å². The summed E-state index contributed by atoms with van der Waals surface area (Å²) >= 11 is 3.34. The third-order valence-corrected chi connectivity index (χ3v) is 5.40. The molecule has 0 amide bonds. The molecule has 0 aromatic heterocycles. The number of ether oxygens (including phenoxy) is 5. The average Bonchev–Trinajstić information content (AvgIpc) is 2.84. The Morgan fingerprint density at radius 2 is 1.54 bits per heavy atom. The normalized spacial score (nSPS) is 10.9. The molecule has 0 aliphatic heterocycles. The molecule has 0 spiro atoms. The van der Waals surface area contributed by atoms with Crippen LogP contribution in [0.15, 0.2) is 35.3 Å². The molecule has 2 aromatic carbocycles. The van der Waals surface area contributed by atoms with Crippen LogP contribution in [0.25, 0.3) is 18.2 Å². The average molecular weight is 549 g/mol. The zero-order valence-corrected chi connectivity index (χ0v) is 21.6. The zero-order valence-electron chi connectivity index (χ0n) is 20.0. The minimum Gasteiger partial charge on any atom is -0.507 e. The molecule has 8 nitrogen and oxygen atoms in total. The van der Waals surface area contributed by atoms with E-state index in [0.717, 1.165) is 0 Å². The molecule has 2 aromatic rings. The fourth-order valence-corrected chi connectivity index (χ4v) is 3.50. The van der Waals surface area contributed by atoms with E-state index >= 15 is 0 Å². The number of benzene rings is 2. The van der Waals surface area contributed by atoms with E-state index in [4.69, 9.17) is 23.7 Å². The Morgan fingerprint density at radius 1 is 0.886 bits per heavy atom. The molecule has 188 valence electrons. The van der Waals surface area contributed by atoms with E-state index in [0.29, 0.717) is 40.1 Å². The van der Waals surface area contributed by atoms with Crippen molar-refractivity contribution in [2.45, 2.75) is 6.92 Å². The molecule has 1 N–H and O–H groups in total. The van der Waals surface area contributed by atoms with Gasteiger partial charge in [0.2, 0.25) is 0 Å². The standard InChI is InChI=1S/C26H29BrO8/c1-5-17-15-24(34-11-9-31-3)19(14-23(17)28)8-7-18-13-21(26(30)35-12-10-32-4)22(27)16-20(18)25(29)33-6-2/h5,7-8,13-16,28H,1,6,9-12H2,2-4H3/b8-7+. The SMILES string of the molecule is C=Cc1cc(OCCOC)c(/C=C/c2cc(C(=O)OCCOC)c(Br)cc2C(=O)OCC)cc1O. The van der Waals surface area contributed by atoms with Gasteiger partial charge < -0.3 is 28.8 Å². The molecule has 0 saturated carbocycles. The Balaban J connectivity index is 2.52. The number of carbonyl (C=O) groups excluding carboxylic acids is 2. The van der Waals surface area contributed by atoms with Crippen molar-refractivity contribution in [1.29, 1.82) is 0 Å². The van der Waals surface area contributed by atoms with E-state index in [2.05, 4.69) is 22.5 Å². The summed E-state index contributed by atoms with van der Waals surface area (Å²) < 4.78 is 26.5. The summed E-state index contributed by atoms with van der Waals surface area (Å²) in [6, 6.07) is 6.23. The van der Waals surface area contributed by atoms with Crippen LogP contribution in [0.5, 0.6) is 11.5 Å². The molecule has 0 aliphatic rings. The minimum absolute atomic E-state index is 0.0163. The molecule has 2 rings (SSSR count). The van der Waals surface area contributed by atoms with Crippen LogP contribution in [0.2, 0.25) is 0 Å². The first-order valence-electron chi connectivity index (χ1n) is 10.8. The van der Waals surface area contributed by atoms with Crippen LogP contribution in [0.1, 0.15) is 44.3 Å². The second-order valence-electron chi connectivity index (χ2n) is 7.10. The van der Waals surface area contributed by atoms with E-state index in [1.807, 2.05) is 0 Å². The van der Waals surface area contributed by atoms with Crippen LogP contribution in [-0.4, -0.2) is 64.3 Å². The van der Waals surface area contributed by atoms with Crippen LogP contribution in [-0.2, 0) is 18.9 Å². The number of rotatable bonds is 13. The lowest BCUT2D eigenvalue weighted by molar-refractivity contribution is 0.0385. The molecule has 0 aliphatic carbocycles. The maximum absolute atomic E-state index is 12.6. The van der Waals surface area contributed by atoms with Gasteiger partial charge in [-0.2, -0.15) is 0 Å². The number of hydrogen-bond donors (Lipinski definition) is 1. The van der Waals surface area contributed by atoms with Crippen LogP contribution in [0.4, 0.5) is 0 Å². The monoisotopic (exact) mass is 548 g/mol. The van der Waals surface area contributed by atoms with Crippen molar-refractivity contribution in [2.75, 3.05) is 47.3 Å². The molecular formula is C26H29BrO8. The highest BCUT2D eigenvalue weighted by atomic mass is 79.9. The van der Waals surface area contributed by atoms with Gasteiger partial charge in [0, 0.05) is 29.8 Å². The van der Waals surface area contributed by atoms with Gasteiger partial charge in [-0.25, -0.2) is 9.59 Å². The Morgan fingerprint density at radius 3 is 2.20 bits per heavy atom. The summed E-state index contributed by atoms with van der Waals surface area (Å²) in [5, 5.41) is 10.3. The molecule has 9 heteroatoms. The smallest absolute Gasteiger partial charge is 0.339 e. The lowest BCUT2D eigenvalue weighted by Crippen LogP contribution is -2.13. The maximum Gasteiger partial charge on any atom is 0.339 e. The van der Waals surface area contributed by atoms with E-state index in [1.165, 1.54) is 31.4 Å². The second-order valence-corrected chi connectivity index (χ2v) is 7.95. The number of hydrogen-bond acceptors (Lipinski definition) is 8. The quantitative estimate of drug-likeness (QED) is 0.212. The summed E-state index contributed by atoms with van der Waals surface area (Å²) in [6.45, 7) is 6.61. The number of aromatic hydroxyl groups is 1. The summed E-state index contributed by atoms with van der Waals surface area (Å²) in [5.74, 6) is -0.619. The van der Waals surface area contributed by atoms with Crippen LogP contribution in [0, 0.1) is 0 Å². The highest BCUT2D eigenvalue weighted by molar-refractivity contribution is 9.10. The molecule has 0 unspecified atom stereocenters. The summed E-state index contributed by atoms with van der Waals surface area (Å²) in [4.78, 5) is 25.2. The summed E-state index contributed by atoms with van der Waals surface area (Å²) in [6.07, 6.45) is 4.82. The Bertz CT molecular complexity index is 1080. The van der Waals surface area contributed by atoms with Gasteiger partial charge in [0.15, 0.2) is 0 Å². The highest BCUT2D eigenvalue weighted by Crippen LogP contribution is 2.32. The predicted molar refractivity (Wildman–Crippen MR) is 137 cm³/mol. The van der Waals surface area contributed by atoms with Crippen molar-refractivity contribution in [2.24, 2.45) is 0 Å². The van der Waals surface area contributed by atoms with Crippen molar-refractivity contribution in [1.82, 2.24) is 0 Å². The highest BCUT2D eigenvalue weighted by Gasteiger charge is 2.19. The Kier molecular flexibility index (Phi) is 11.5. The van der Waals surface area contributed by atoms with Crippen LogP contribution < -0.4 is 4.74 Å². The topological polar surface area (TPSA) is 101 Å². The van der Waals surface area contributed by atoms with Gasteiger partial charge in [-0.1, -0.05) is 24.8 Å². The van der Waals surface area contributed by atoms with Gasteiger partial charge in [0.05, 0.1) is 30.9 Å². The van der Waals surface area contributed by atoms with Crippen LogP contribution in [0.3, 0.4) is 0 Å². The van der Waals surface area contributed by atoms with Crippen molar-refractivity contribution in [3.05, 3.63) is 63.1 Å². The number of phenols is 1. The molecule has 35 heavy (non-hydrogen) atoms.